The Balaban J connectivity index is 1.61. The molecule has 1 aliphatic rings. The summed E-state index contributed by atoms with van der Waals surface area (Å²) >= 11 is 3.42. The van der Waals surface area contributed by atoms with E-state index in [4.69, 9.17) is 4.74 Å². The Bertz CT molecular complexity index is 849. The number of carbonyl (C=O) groups is 2. The van der Waals surface area contributed by atoms with E-state index in [0.29, 0.717) is 13.1 Å². The molecule has 29 heavy (non-hydrogen) atoms. The molecule has 2 amide bonds. The van der Waals surface area contributed by atoms with Crippen LogP contribution >= 0.6 is 15.9 Å². The summed E-state index contributed by atoms with van der Waals surface area (Å²) in [6.45, 7) is 4.32. The van der Waals surface area contributed by atoms with Crippen molar-refractivity contribution in [1.82, 2.24) is 10.2 Å². The normalized spacial score (nSPS) is 15.0. The van der Waals surface area contributed by atoms with Crippen LogP contribution in [0.5, 0.6) is 5.75 Å². The third-order valence-corrected chi connectivity index (χ3v) is 5.61. The molecule has 0 aliphatic carbocycles. The molecule has 1 unspecified atom stereocenters. The van der Waals surface area contributed by atoms with Crippen molar-refractivity contribution < 1.29 is 14.3 Å². The van der Waals surface area contributed by atoms with Gasteiger partial charge in [-0.2, -0.15) is 0 Å². The molecule has 0 bridgehead atoms. The number of piperazine rings is 1. The quantitative estimate of drug-likeness (QED) is 0.718. The maximum absolute atomic E-state index is 12.9. The largest absolute Gasteiger partial charge is 0.497 e. The zero-order valence-corrected chi connectivity index (χ0v) is 18.3. The van der Waals surface area contributed by atoms with Crippen molar-refractivity contribution >= 4 is 33.4 Å². The van der Waals surface area contributed by atoms with Gasteiger partial charge >= 0.3 is 0 Å². The average Bonchev–Trinajstić information content (AvgIpc) is 2.73. The zero-order valence-electron chi connectivity index (χ0n) is 16.7. The number of anilines is 1. The lowest BCUT2D eigenvalue weighted by Gasteiger charge is -2.36. The smallest absolute Gasteiger partial charge is 0.225 e. The molecule has 1 heterocycles. The summed E-state index contributed by atoms with van der Waals surface area (Å²) in [4.78, 5) is 28.7. The van der Waals surface area contributed by atoms with Gasteiger partial charge in [-0.3, -0.25) is 9.59 Å². The second kappa shape index (κ2) is 9.78. The van der Waals surface area contributed by atoms with E-state index >= 15 is 0 Å². The van der Waals surface area contributed by atoms with Gasteiger partial charge in [-0.15, -0.1) is 0 Å². The molecule has 2 aromatic rings. The number of carbonyl (C=O) groups excluding carboxylic acids is 2. The van der Waals surface area contributed by atoms with E-state index in [0.717, 1.165) is 34.6 Å². The summed E-state index contributed by atoms with van der Waals surface area (Å²) in [5, 5.41) is 2.91. The third-order valence-electron chi connectivity index (χ3n) is 5.08. The van der Waals surface area contributed by atoms with Crippen molar-refractivity contribution in [3.8, 4) is 5.75 Å². The van der Waals surface area contributed by atoms with Crippen LogP contribution in [0.2, 0.25) is 0 Å². The number of methoxy groups -OCH3 is 1. The van der Waals surface area contributed by atoms with Crippen LogP contribution in [0.25, 0.3) is 0 Å². The lowest BCUT2D eigenvalue weighted by atomic mass is 10.0. The first-order valence-electron chi connectivity index (χ1n) is 9.65. The number of amides is 2. The molecule has 2 aromatic carbocycles. The van der Waals surface area contributed by atoms with Crippen LogP contribution < -0.4 is 15.0 Å². The van der Waals surface area contributed by atoms with Gasteiger partial charge in [-0.05, 0) is 29.8 Å². The van der Waals surface area contributed by atoms with Crippen LogP contribution in [0.1, 0.15) is 24.9 Å². The number of hydrogen-bond donors (Lipinski definition) is 1. The lowest BCUT2D eigenvalue weighted by molar-refractivity contribution is -0.132. The fourth-order valence-electron chi connectivity index (χ4n) is 3.52. The highest BCUT2D eigenvalue weighted by Crippen LogP contribution is 2.24. The summed E-state index contributed by atoms with van der Waals surface area (Å²) in [6, 6.07) is 15.3. The van der Waals surface area contributed by atoms with Gasteiger partial charge in [-0.1, -0.05) is 34.1 Å². The Labute approximate surface area is 180 Å². The molecular formula is C22H26BrN3O3. The van der Waals surface area contributed by atoms with E-state index in [1.165, 1.54) is 6.92 Å². The van der Waals surface area contributed by atoms with Crippen LogP contribution in [0.4, 0.5) is 5.69 Å². The molecule has 7 heteroatoms. The SMILES string of the molecule is COc1cccc(N2CCN(C(=O)CC(NC(C)=O)c3ccc(Br)cc3)CC2)c1. The molecule has 0 spiro atoms. The van der Waals surface area contributed by atoms with E-state index in [1.54, 1.807) is 7.11 Å². The Morgan fingerprint density at radius 1 is 1.10 bits per heavy atom. The highest BCUT2D eigenvalue weighted by molar-refractivity contribution is 9.10. The topological polar surface area (TPSA) is 61.9 Å². The summed E-state index contributed by atoms with van der Waals surface area (Å²) < 4.78 is 6.26. The number of rotatable bonds is 6. The molecule has 0 radical (unpaired) electrons. The Morgan fingerprint density at radius 3 is 2.41 bits per heavy atom. The molecule has 1 atom stereocenters. The first-order valence-corrected chi connectivity index (χ1v) is 10.4. The molecule has 1 N–H and O–H groups in total. The number of benzene rings is 2. The van der Waals surface area contributed by atoms with Crippen LogP contribution in [0.3, 0.4) is 0 Å². The first-order chi connectivity index (χ1) is 14.0. The Kier molecular flexibility index (Phi) is 7.14. The molecule has 1 saturated heterocycles. The van der Waals surface area contributed by atoms with E-state index in [-0.39, 0.29) is 24.3 Å². The fourth-order valence-corrected chi connectivity index (χ4v) is 3.78. The maximum atomic E-state index is 12.9. The minimum Gasteiger partial charge on any atom is -0.497 e. The molecule has 1 fully saturated rings. The molecule has 6 nitrogen and oxygen atoms in total. The van der Waals surface area contributed by atoms with Gasteiger partial charge in [0.1, 0.15) is 5.75 Å². The molecule has 1 aliphatic heterocycles. The van der Waals surface area contributed by atoms with Crippen molar-refractivity contribution in [3.05, 3.63) is 58.6 Å². The highest BCUT2D eigenvalue weighted by Gasteiger charge is 2.25. The van der Waals surface area contributed by atoms with Crippen LogP contribution in [0, 0.1) is 0 Å². The molecule has 0 saturated carbocycles. The molecular weight excluding hydrogens is 434 g/mol. The highest BCUT2D eigenvalue weighted by atomic mass is 79.9. The van der Waals surface area contributed by atoms with Crippen molar-refractivity contribution in [2.45, 2.75) is 19.4 Å². The van der Waals surface area contributed by atoms with Gasteiger partial charge in [0.15, 0.2) is 0 Å². The van der Waals surface area contributed by atoms with Gasteiger partial charge < -0.3 is 19.9 Å². The Hall–Kier alpha value is -2.54. The van der Waals surface area contributed by atoms with Crippen molar-refractivity contribution in [2.24, 2.45) is 0 Å². The summed E-state index contributed by atoms with van der Waals surface area (Å²) in [5.41, 5.74) is 2.02. The van der Waals surface area contributed by atoms with Gasteiger partial charge in [0.25, 0.3) is 0 Å². The standard InChI is InChI=1S/C22H26BrN3O3/c1-16(27)24-21(17-6-8-18(23)9-7-17)15-22(28)26-12-10-25(11-13-26)19-4-3-5-20(14-19)29-2/h3-9,14,21H,10-13,15H2,1-2H3,(H,24,27). The molecule has 3 rings (SSSR count). The summed E-state index contributed by atoms with van der Waals surface area (Å²) in [6.07, 6.45) is 0.250. The van der Waals surface area contributed by atoms with Gasteiger partial charge in [-0.25, -0.2) is 0 Å². The third kappa shape index (κ3) is 5.73. The molecule has 0 aromatic heterocycles. The van der Waals surface area contributed by atoms with Crippen LogP contribution in [-0.2, 0) is 9.59 Å². The van der Waals surface area contributed by atoms with Crippen LogP contribution in [-0.4, -0.2) is 50.0 Å². The monoisotopic (exact) mass is 459 g/mol. The van der Waals surface area contributed by atoms with Crippen molar-refractivity contribution in [3.63, 3.8) is 0 Å². The Morgan fingerprint density at radius 2 is 1.79 bits per heavy atom. The van der Waals surface area contributed by atoms with Gasteiger partial charge in [0.2, 0.25) is 11.8 Å². The zero-order chi connectivity index (χ0) is 20.8. The maximum Gasteiger partial charge on any atom is 0.225 e. The second-order valence-corrected chi connectivity index (χ2v) is 7.99. The van der Waals surface area contributed by atoms with E-state index in [2.05, 4.69) is 32.2 Å². The number of nitrogens with zero attached hydrogens (tertiary/aromatic N) is 2. The van der Waals surface area contributed by atoms with Crippen molar-refractivity contribution in [1.29, 1.82) is 0 Å². The summed E-state index contributed by atoms with van der Waals surface area (Å²) in [5.74, 6) is 0.735. The molecule has 154 valence electrons. The number of hydrogen-bond acceptors (Lipinski definition) is 4. The van der Waals surface area contributed by atoms with E-state index < -0.39 is 0 Å². The van der Waals surface area contributed by atoms with E-state index in [9.17, 15) is 9.59 Å². The van der Waals surface area contributed by atoms with Crippen molar-refractivity contribution in [2.75, 3.05) is 38.2 Å². The predicted octanol–water partition coefficient (Wildman–Crippen LogP) is 3.37. The first kappa shape index (κ1) is 21.2. The summed E-state index contributed by atoms with van der Waals surface area (Å²) in [7, 11) is 1.66. The number of nitrogens with one attached hydrogen (secondary N) is 1. The number of ether oxygens (including phenoxy) is 1. The van der Waals surface area contributed by atoms with Crippen LogP contribution in [0.15, 0.2) is 53.0 Å². The minimum absolute atomic E-state index is 0.0527. The predicted molar refractivity (Wildman–Crippen MR) is 117 cm³/mol. The fraction of sp³-hybridized carbons (Fsp3) is 0.364. The van der Waals surface area contributed by atoms with Gasteiger partial charge in [0, 0.05) is 49.3 Å². The minimum atomic E-state index is -0.329. The average molecular weight is 460 g/mol. The van der Waals surface area contributed by atoms with Gasteiger partial charge in [0.05, 0.1) is 19.6 Å². The number of halogens is 1. The van der Waals surface area contributed by atoms with E-state index in [1.807, 2.05) is 47.4 Å². The second-order valence-electron chi connectivity index (χ2n) is 7.08. The lowest BCUT2D eigenvalue weighted by Crippen LogP contribution is -2.49.